The fourth-order valence-corrected chi connectivity index (χ4v) is 3.75. The number of furan rings is 1. The van der Waals surface area contributed by atoms with E-state index in [2.05, 4.69) is 44.2 Å². The lowest BCUT2D eigenvalue weighted by molar-refractivity contribution is 0.0370. The first-order chi connectivity index (χ1) is 9.10. The molecule has 1 aromatic rings. The highest BCUT2D eigenvalue weighted by Crippen LogP contribution is 2.44. The molecule has 0 bridgehead atoms. The van der Waals surface area contributed by atoms with Crippen molar-refractivity contribution in [2.45, 2.75) is 51.1 Å². The lowest BCUT2D eigenvalue weighted by atomic mass is 9.70. The van der Waals surface area contributed by atoms with Crippen LogP contribution in [0.2, 0.25) is 0 Å². The molecule has 0 aliphatic heterocycles. The van der Waals surface area contributed by atoms with E-state index in [-0.39, 0.29) is 5.54 Å². The Hall–Kier alpha value is -0.800. The molecule has 19 heavy (non-hydrogen) atoms. The van der Waals surface area contributed by atoms with Crippen molar-refractivity contribution in [2.75, 3.05) is 20.6 Å². The molecule has 0 spiro atoms. The van der Waals surface area contributed by atoms with Gasteiger partial charge in [-0.3, -0.25) is 0 Å². The molecule has 2 rings (SSSR count). The van der Waals surface area contributed by atoms with Crippen LogP contribution in [0.1, 0.15) is 51.1 Å². The number of nitrogens with one attached hydrogen (secondary N) is 1. The zero-order valence-corrected chi connectivity index (χ0v) is 12.8. The maximum atomic E-state index is 5.33. The van der Waals surface area contributed by atoms with Gasteiger partial charge in [0.15, 0.2) is 0 Å². The standard InChI is InChI=1S/C16H28N2O/c1-5-17-15(14-8-10-19-12-14)16(18(3)4)9-6-7-13(2)11-16/h8,10,12-13,15,17H,5-7,9,11H2,1-4H3. The summed E-state index contributed by atoms with van der Waals surface area (Å²) in [5, 5.41) is 3.70. The molecule has 1 aliphatic rings. The Morgan fingerprint density at radius 1 is 1.53 bits per heavy atom. The highest BCUT2D eigenvalue weighted by molar-refractivity contribution is 5.19. The summed E-state index contributed by atoms with van der Waals surface area (Å²) in [7, 11) is 4.45. The summed E-state index contributed by atoms with van der Waals surface area (Å²) in [6.07, 6.45) is 8.88. The topological polar surface area (TPSA) is 28.4 Å². The first-order valence-electron chi connectivity index (χ1n) is 7.53. The van der Waals surface area contributed by atoms with E-state index in [1.807, 2.05) is 6.26 Å². The summed E-state index contributed by atoms with van der Waals surface area (Å²) < 4.78 is 5.33. The third-order valence-electron chi connectivity index (χ3n) is 4.72. The Morgan fingerprint density at radius 2 is 2.32 bits per heavy atom. The van der Waals surface area contributed by atoms with Gasteiger partial charge < -0.3 is 14.6 Å². The predicted molar refractivity (Wildman–Crippen MR) is 79.2 cm³/mol. The zero-order valence-electron chi connectivity index (χ0n) is 12.8. The number of hydrogen-bond donors (Lipinski definition) is 1. The van der Waals surface area contributed by atoms with Gasteiger partial charge in [0.2, 0.25) is 0 Å². The van der Waals surface area contributed by atoms with Gasteiger partial charge in [0.1, 0.15) is 0 Å². The fraction of sp³-hybridized carbons (Fsp3) is 0.750. The molecule has 3 heteroatoms. The quantitative estimate of drug-likeness (QED) is 0.883. The molecular formula is C16H28N2O. The Bertz CT molecular complexity index is 374. The van der Waals surface area contributed by atoms with Gasteiger partial charge in [-0.1, -0.05) is 26.7 Å². The predicted octanol–water partition coefficient (Wildman–Crippen LogP) is 3.44. The van der Waals surface area contributed by atoms with Crippen molar-refractivity contribution in [3.8, 4) is 0 Å². The van der Waals surface area contributed by atoms with Crippen molar-refractivity contribution in [3.63, 3.8) is 0 Å². The molecule has 1 saturated carbocycles. The van der Waals surface area contributed by atoms with Gasteiger partial charge in [-0.2, -0.15) is 0 Å². The molecule has 0 saturated heterocycles. The Balaban J connectivity index is 2.34. The molecule has 3 nitrogen and oxygen atoms in total. The number of likely N-dealkylation sites (N-methyl/N-ethyl adjacent to an activating group) is 2. The first kappa shape index (κ1) is 14.6. The third-order valence-corrected chi connectivity index (χ3v) is 4.72. The second kappa shape index (κ2) is 6.10. The van der Waals surface area contributed by atoms with E-state index in [9.17, 15) is 0 Å². The maximum absolute atomic E-state index is 5.33. The van der Waals surface area contributed by atoms with Gasteiger partial charge in [0, 0.05) is 11.1 Å². The van der Waals surface area contributed by atoms with Crippen LogP contribution in [0.3, 0.4) is 0 Å². The molecule has 108 valence electrons. The van der Waals surface area contributed by atoms with Gasteiger partial charge in [0.25, 0.3) is 0 Å². The van der Waals surface area contributed by atoms with Crippen LogP contribution in [0.4, 0.5) is 0 Å². The molecule has 3 atom stereocenters. The molecule has 0 radical (unpaired) electrons. The number of nitrogens with zero attached hydrogens (tertiary/aromatic N) is 1. The minimum absolute atomic E-state index is 0.206. The van der Waals surface area contributed by atoms with Crippen molar-refractivity contribution in [3.05, 3.63) is 24.2 Å². The minimum Gasteiger partial charge on any atom is -0.472 e. The van der Waals surface area contributed by atoms with Crippen LogP contribution in [0, 0.1) is 5.92 Å². The van der Waals surface area contributed by atoms with Gasteiger partial charge in [-0.15, -0.1) is 0 Å². The normalized spacial score (nSPS) is 29.6. The van der Waals surface area contributed by atoms with E-state index in [0.717, 1.165) is 12.5 Å². The summed E-state index contributed by atoms with van der Waals surface area (Å²) in [6, 6.07) is 2.46. The summed E-state index contributed by atoms with van der Waals surface area (Å²) in [6.45, 7) is 5.55. The Kier molecular flexibility index (Phi) is 4.69. The van der Waals surface area contributed by atoms with Crippen molar-refractivity contribution in [1.29, 1.82) is 0 Å². The van der Waals surface area contributed by atoms with Crippen molar-refractivity contribution >= 4 is 0 Å². The van der Waals surface area contributed by atoms with E-state index >= 15 is 0 Å². The average molecular weight is 264 g/mol. The second-order valence-electron chi connectivity index (χ2n) is 6.25. The Labute approximate surface area is 117 Å². The van der Waals surface area contributed by atoms with Crippen LogP contribution in [-0.2, 0) is 0 Å². The second-order valence-corrected chi connectivity index (χ2v) is 6.25. The number of rotatable bonds is 5. The molecule has 1 aromatic heterocycles. The van der Waals surface area contributed by atoms with E-state index in [0.29, 0.717) is 6.04 Å². The monoisotopic (exact) mass is 264 g/mol. The van der Waals surface area contributed by atoms with Crippen molar-refractivity contribution < 1.29 is 4.42 Å². The fourth-order valence-electron chi connectivity index (χ4n) is 3.75. The van der Waals surface area contributed by atoms with Gasteiger partial charge in [-0.25, -0.2) is 0 Å². The van der Waals surface area contributed by atoms with Crippen LogP contribution in [0.5, 0.6) is 0 Å². The van der Waals surface area contributed by atoms with Crippen LogP contribution in [0.15, 0.2) is 23.0 Å². The van der Waals surface area contributed by atoms with Crippen LogP contribution in [0.25, 0.3) is 0 Å². The van der Waals surface area contributed by atoms with Gasteiger partial charge in [0.05, 0.1) is 18.6 Å². The molecule has 1 fully saturated rings. The largest absolute Gasteiger partial charge is 0.472 e. The van der Waals surface area contributed by atoms with E-state index in [1.54, 1.807) is 6.26 Å². The van der Waals surface area contributed by atoms with Crippen LogP contribution >= 0.6 is 0 Å². The maximum Gasteiger partial charge on any atom is 0.0951 e. The molecule has 1 heterocycles. The average Bonchev–Trinajstić information content (AvgIpc) is 2.89. The van der Waals surface area contributed by atoms with Gasteiger partial charge >= 0.3 is 0 Å². The van der Waals surface area contributed by atoms with Crippen LogP contribution < -0.4 is 5.32 Å². The molecule has 0 aromatic carbocycles. The SMILES string of the molecule is CCNC(c1ccoc1)C1(N(C)C)CCCC(C)C1. The number of hydrogen-bond acceptors (Lipinski definition) is 3. The summed E-state index contributed by atoms with van der Waals surface area (Å²) in [5.74, 6) is 0.796. The summed E-state index contributed by atoms with van der Waals surface area (Å²) in [4.78, 5) is 2.43. The zero-order chi connectivity index (χ0) is 13.9. The molecule has 0 amide bonds. The molecule has 1 aliphatic carbocycles. The van der Waals surface area contributed by atoms with Crippen LogP contribution in [-0.4, -0.2) is 31.1 Å². The first-order valence-corrected chi connectivity index (χ1v) is 7.53. The van der Waals surface area contributed by atoms with E-state index in [1.165, 1.54) is 31.2 Å². The smallest absolute Gasteiger partial charge is 0.0951 e. The van der Waals surface area contributed by atoms with E-state index in [4.69, 9.17) is 4.42 Å². The molecular weight excluding hydrogens is 236 g/mol. The van der Waals surface area contributed by atoms with E-state index < -0.39 is 0 Å². The minimum atomic E-state index is 0.206. The van der Waals surface area contributed by atoms with Crippen molar-refractivity contribution in [2.24, 2.45) is 5.92 Å². The highest BCUT2D eigenvalue weighted by atomic mass is 16.3. The summed E-state index contributed by atoms with van der Waals surface area (Å²) >= 11 is 0. The molecule has 1 N–H and O–H groups in total. The van der Waals surface area contributed by atoms with Gasteiger partial charge in [-0.05, 0) is 45.5 Å². The highest BCUT2D eigenvalue weighted by Gasteiger charge is 2.44. The van der Waals surface area contributed by atoms with Crippen molar-refractivity contribution in [1.82, 2.24) is 10.2 Å². The molecule has 3 unspecified atom stereocenters. The third kappa shape index (κ3) is 2.87. The Morgan fingerprint density at radius 3 is 2.84 bits per heavy atom. The summed E-state index contributed by atoms with van der Waals surface area (Å²) in [5.41, 5.74) is 1.49. The lowest BCUT2D eigenvalue weighted by Gasteiger charge is -2.50. The lowest BCUT2D eigenvalue weighted by Crippen LogP contribution is -2.56.